The van der Waals surface area contributed by atoms with Gasteiger partial charge in [-0.3, -0.25) is 14.5 Å². The number of hydrogen-bond donors (Lipinski definition) is 2. The second-order valence-electron chi connectivity index (χ2n) is 5.37. The molecule has 1 fully saturated rings. The molecule has 0 bridgehead atoms. The number of anilines is 1. The first-order valence-electron chi connectivity index (χ1n) is 7.46. The number of rotatable bonds is 6. The number of hydrogen-bond acceptors (Lipinski definition) is 4. The number of amides is 2. The highest BCUT2D eigenvalue weighted by atomic mass is 16.2. The van der Waals surface area contributed by atoms with Gasteiger partial charge in [-0.2, -0.15) is 0 Å². The van der Waals surface area contributed by atoms with Crippen molar-refractivity contribution in [3.63, 3.8) is 0 Å². The molecule has 6 heteroatoms. The van der Waals surface area contributed by atoms with Crippen LogP contribution in [0.1, 0.15) is 18.5 Å². The van der Waals surface area contributed by atoms with E-state index in [1.807, 2.05) is 24.0 Å². The number of carbonyl (C=O) groups is 2. The zero-order valence-electron chi connectivity index (χ0n) is 12.8. The molecule has 1 aromatic heterocycles. The van der Waals surface area contributed by atoms with Crippen LogP contribution in [0, 0.1) is 6.92 Å². The summed E-state index contributed by atoms with van der Waals surface area (Å²) in [5, 5.41) is 5.56. The normalized spacial score (nSPS) is 18.0. The molecule has 6 nitrogen and oxygen atoms in total. The van der Waals surface area contributed by atoms with Crippen LogP contribution < -0.4 is 10.6 Å². The lowest BCUT2D eigenvalue weighted by Crippen LogP contribution is -2.45. The maximum Gasteiger partial charge on any atom is 0.242 e. The Balaban J connectivity index is 1.93. The molecule has 1 aliphatic rings. The fourth-order valence-corrected chi connectivity index (χ4v) is 2.56. The van der Waals surface area contributed by atoms with Crippen molar-refractivity contribution in [3.05, 3.63) is 36.5 Å². The average Bonchev–Trinajstić information content (AvgIpc) is 2.93. The SMILES string of the molecule is C=CCNC(=O)CN1CCC[C@H]1C(=O)Nc1cccc(C)n1. The number of nitrogens with zero attached hydrogens (tertiary/aromatic N) is 2. The Morgan fingerprint density at radius 3 is 3.05 bits per heavy atom. The van der Waals surface area contributed by atoms with Crippen molar-refractivity contribution in [1.82, 2.24) is 15.2 Å². The van der Waals surface area contributed by atoms with Gasteiger partial charge in [-0.1, -0.05) is 12.1 Å². The van der Waals surface area contributed by atoms with Gasteiger partial charge in [-0.15, -0.1) is 6.58 Å². The van der Waals surface area contributed by atoms with Crippen LogP contribution in [0.25, 0.3) is 0 Å². The minimum absolute atomic E-state index is 0.0896. The van der Waals surface area contributed by atoms with E-state index in [2.05, 4.69) is 22.2 Å². The van der Waals surface area contributed by atoms with Crippen LogP contribution in [0.3, 0.4) is 0 Å². The standard InChI is InChI=1S/C16H22N4O2/c1-3-9-17-15(21)11-20-10-5-7-13(20)16(22)19-14-8-4-6-12(2)18-14/h3-4,6,8,13H,1,5,7,9-11H2,2H3,(H,17,21)(H,18,19,22)/t13-/m0/s1. The van der Waals surface area contributed by atoms with Crippen molar-refractivity contribution < 1.29 is 9.59 Å². The molecule has 1 aliphatic heterocycles. The number of aromatic nitrogens is 1. The van der Waals surface area contributed by atoms with Crippen molar-refractivity contribution in [3.8, 4) is 0 Å². The summed E-state index contributed by atoms with van der Waals surface area (Å²) in [6.45, 7) is 6.86. The van der Waals surface area contributed by atoms with Crippen LogP contribution in [0.4, 0.5) is 5.82 Å². The van der Waals surface area contributed by atoms with Crippen LogP contribution >= 0.6 is 0 Å². The Bertz CT molecular complexity index is 559. The summed E-state index contributed by atoms with van der Waals surface area (Å²) in [6.07, 6.45) is 3.30. The fraction of sp³-hybridized carbons (Fsp3) is 0.438. The molecular weight excluding hydrogens is 280 g/mol. The predicted octanol–water partition coefficient (Wildman–Crippen LogP) is 1.10. The summed E-state index contributed by atoms with van der Waals surface area (Å²) < 4.78 is 0. The molecule has 1 aromatic rings. The number of aryl methyl sites for hydroxylation is 1. The lowest BCUT2D eigenvalue weighted by atomic mass is 10.2. The number of pyridine rings is 1. The molecule has 2 rings (SSSR count). The van der Waals surface area contributed by atoms with Crippen molar-refractivity contribution in [2.75, 3.05) is 25.0 Å². The minimum atomic E-state index is -0.281. The van der Waals surface area contributed by atoms with Crippen molar-refractivity contribution >= 4 is 17.6 Å². The minimum Gasteiger partial charge on any atom is -0.352 e. The lowest BCUT2D eigenvalue weighted by Gasteiger charge is -2.22. The Labute approximate surface area is 130 Å². The number of carbonyl (C=O) groups excluding carboxylic acids is 2. The van der Waals surface area contributed by atoms with Gasteiger partial charge in [0.25, 0.3) is 0 Å². The van der Waals surface area contributed by atoms with E-state index in [4.69, 9.17) is 0 Å². The average molecular weight is 302 g/mol. The first kappa shape index (κ1) is 16.2. The third-order valence-electron chi connectivity index (χ3n) is 3.60. The third-order valence-corrected chi connectivity index (χ3v) is 3.60. The van der Waals surface area contributed by atoms with Crippen LogP contribution in [0.5, 0.6) is 0 Å². The summed E-state index contributed by atoms with van der Waals surface area (Å²) >= 11 is 0. The molecule has 2 heterocycles. The zero-order chi connectivity index (χ0) is 15.9. The monoisotopic (exact) mass is 302 g/mol. The molecule has 0 saturated carbocycles. The molecule has 118 valence electrons. The van der Waals surface area contributed by atoms with Gasteiger partial charge in [-0.25, -0.2) is 4.98 Å². The molecular formula is C16H22N4O2. The molecule has 2 N–H and O–H groups in total. The summed E-state index contributed by atoms with van der Waals surface area (Å²) in [7, 11) is 0. The van der Waals surface area contributed by atoms with Gasteiger partial charge in [0.2, 0.25) is 11.8 Å². The van der Waals surface area contributed by atoms with E-state index < -0.39 is 0 Å². The van der Waals surface area contributed by atoms with E-state index in [0.29, 0.717) is 12.4 Å². The number of nitrogens with one attached hydrogen (secondary N) is 2. The van der Waals surface area contributed by atoms with E-state index in [9.17, 15) is 9.59 Å². The summed E-state index contributed by atoms with van der Waals surface area (Å²) in [4.78, 5) is 30.4. The van der Waals surface area contributed by atoms with Crippen molar-refractivity contribution in [2.45, 2.75) is 25.8 Å². The summed E-state index contributed by atoms with van der Waals surface area (Å²) in [6, 6.07) is 5.21. The zero-order valence-corrected chi connectivity index (χ0v) is 12.8. The highest BCUT2D eigenvalue weighted by Gasteiger charge is 2.31. The molecule has 0 radical (unpaired) electrons. The molecule has 0 spiro atoms. The Morgan fingerprint density at radius 2 is 2.32 bits per heavy atom. The van der Waals surface area contributed by atoms with Crippen molar-refractivity contribution in [2.24, 2.45) is 0 Å². The highest BCUT2D eigenvalue weighted by Crippen LogP contribution is 2.18. The largest absolute Gasteiger partial charge is 0.352 e. The van der Waals surface area contributed by atoms with E-state index in [0.717, 1.165) is 25.1 Å². The first-order chi connectivity index (χ1) is 10.6. The summed E-state index contributed by atoms with van der Waals surface area (Å²) in [5.74, 6) is 0.355. The molecule has 0 aromatic carbocycles. The van der Waals surface area contributed by atoms with Gasteiger partial charge < -0.3 is 10.6 Å². The Kier molecular flexibility index (Phi) is 5.66. The maximum atomic E-state index is 12.4. The van der Waals surface area contributed by atoms with Crippen LogP contribution in [0.15, 0.2) is 30.9 Å². The predicted molar refractivity (Wildman–Crippen MR) is 85.4 cm³/mol. The lowest BCUT2D eigenvalue weighted by molar-refractivity contribution is -0.124. The Hall–Kier alpha value is -2.21. The smallest absolute Gasteiger partial charge is 0.242 e. The quantitative estimate of drug-likeness (QED) is 0.772. The first-order valence-corrected chi connectivity index (χ1v) is 7.46. The van der Waals surface area contributed by atoms with E-state index in [1.54, 1.807) is 12.1 Å². The highest BCUT2D eigenvalue weighted by molar-refractivity contribution is 5.94. The second kappa shape index (κ2) is 7.70. The van der Waals surface area contributed by atoms with Crippen LogP contribution in [-0.4, -0.2) is 47.4 Å². The van der Waals surface area contributed by atoms with Gasteiger partial charge in [-0.05, 0) is 38.4 Å². The molecule has 1 atom stereocenters. The second-order valence-corrected chi connectivity index (χ2v) is 5.37. The van der Waals surface area contributed by atoms with Crippen LogP contribution in [-0.2, 0) is 9.59 Å². The molecule has 0 aliphatic carbocycles. The van der Waals surface area contributed by atoms with Gasteiger partial charge in [0, 0.05) is 12.2 Å². The molecule has 0 unspecified atom stereocenters. The summed E-state index contributed by atoms with van der Waals surface area (Å²) in [5.41, 5.74) is 0.852. The van der Waals surface area contributed by atoms with Gasteiger partial charge in [0.15, 0.2) is 0 Å². The fourth-order valence-electron chi connectivity index (χ4n) is 2.56. The maximum absolute atomic E-state index is 12.4. The third kappa shape index (κ3) is 4.39. The topological polar surface area (TPSA) is 74.3 Å². The molecule has 2 amide bonds. The molecule has 22 heavy (non-hydrogen) atoms. The van der Waals surface area contributed by atoms with Gasteiger partial charge in [0.05, 0.1) is 12.6 Å². The van der Waals surface area contributed by atoms with Crippen molar-refractivity contribution in [1.29, 1.82) is 0 Å². The van der Waals surface area contributed by atoms with E-state index in [-0.39, 0.29) is 24.4 Å². The van der Waals surface area contributed by atoms with E-state index >= 15 is 0 Å². The van der Waals surface area contributed by atoms with Gasteiger partial charge in [0.1, 0.15) is 5.82 Å². The van der Waals surface area contributed by atoms with E-state index in [1.165, 1.54) is 0 Å². The molecule has 1 saturated heterocycles. The number of likely N-dealkylation sites (tertiary alicyclic amines) is 1. The van der Waals surface area contributed by atoms with Crippen LogP contribution in [0.2, 0.25) is 0 Å². The van der Waals surface area contributed by atoms with Gasteiger partial charge >= 0.3 is 0 Å². The Morgan fingerprint density at radius 1 is 1.50 bits per heavy atom.